The molecular weight excluding hydrogens is 774 g/mol. The molecule has 0 aromatic heterocycles. The fraction of sp³-hybridized carbons (Fsp3) is 0.680. The Bertz CT molecular complexity index is 1290. The van der Waals surface area contributed by atoms with Gasteiger partial charge in [-0.05, 0) is 89.9 Å². The van der Waals surface area contributed by atoms with Gasteiger partial charge in [0.2, 0.25) is 0 Å². The highest BCUT2D eigenvalue weighted by atomic mass is 31.2. The number of phosphoric ester groups is 1. The highest BCUT2D eigenvalue weighted by Gasteiger charge is 2.27. The molecule has 1 N–H and O–H groups in total. The lowest BCUT2D eigenvalue weighted by atomic mass is 10.1. The summed E-state index contributed by atoms with van der Waals surface area (Å²) in [5.74, 6) is -0.848. The van der Waals surface area contributed by atoms with Gasteiger partial charge < -0.3 is 18.9 Å². The molecule has 2 atom stereocenters. The van der Waals surface area contributed by atoms with Crippen molar-refractivity contribution >= 4 is 19.8 Å². The third kappa shape index (κ3) is 44.7. The van der Waals surface area contributed by atoms with E-state index in [1.807, 2.05) is 21.1 Å². The average Bonchev–Trinajstić information content (AvgIpc) is 3.20. The second-order valence-corrected chi connectivity index (χ2v) is 17.9. The molecule has 0 rings (SSSR count). The summed E-state index contributed by atoms with van der Waals surface area (Å²) in [4.78, 5) is 35.4. The second-order valence-electron chi connectivity index (χ2n) is 16.4. The summed E-state index contributed by atoms with van der Waals surface area (Å²) in [7, 11) is 1.44. The summed E-state index contributed by atoms with van der Waals surface area (Å²) in [6.07, 6.45) is 53.4. The van der Waals surface area contributed by atoms with Crippen molar-refractivity contribution in [3.8, 4) is 0 Å². The topological polar surface area (TPSA) is 108 Å². The second kappa shape index (κ2) is 41.5. The molecule has 0 saturated carbocycles. The van der Waals surface area contributed by atoms with Crippen LogP contribution in [0.25, 0.3) is 0 Å². The maximum absolute atomic E-state index is 12.7. The van der Waals surface area contributed by atoms with E-state index in [1.165, 1.54) is 38.5 Å². The van der Waals surface area contributed by atoms with Gasteiger partial charge in [-0.15, -0.1) is 0 Å². The lowest BCUT2D eigenvalue weighted by Crippen LogP contribution is -2.37. The van der Waals surface area contributed by atoms with E-state index in [4.69, 9.17) is 18.5 Å². The van der Waals surface area contributed by atoms with Crippen LogP contribution in [0.3, 0.4) is 0 Å². The number of ether oxygens (including phenoxy) is 2. The Labute approximate surface area is 367 Å². The van der Waals surface area contributed by atoms with E-state index in [0.29, 0.717) is 23.9 Å². The number of hydrogen-bond acceptors (Lipinski definition) is 7. The van der Waals surface area contributed by atoms with Crippen LogP contribution in [0.15, 0.2) is 85.1 Å². The largest absolute Gasteiger partial charge is 0.472 e. The molecule has 60 heavy (non-hydrogen) atoms. The first-order valence-corrected chi connectivity index (χ1v) is 24.8. The van der Waals surface area contributed by atoms with Crippen LogP contribution in [-0.2, 0) is 32.7 Å². The van der Waals surface area contributed by atoms with Gasteiger partial charge in [-0.1, -0.05) is 150 Å². The Morgan fingerprint density at radius 3 is 1.42 bits per heavy atom. The highest BCUT2D eigenvalue weighted by molar-refractivity contribution is 7.47. The summed E-state index contributed by atoms with van der Waals surface area (Å²) in [5.41, 5.74) is 0. The van der Waals surface area contributed by atoms with Crippen LogP contribution < -0.4 is 0 Å². The molecule has 2 unspecified atom stereocenters. The summed E-state index contributed by atoms with van der Waals surface area (Å²) >= 11 is 0. The minimum absolute atomic E-state index is 0.0195. The van der Waals surface area contributed by atoms with Crippen molar-refractivity contribution in [2.75, 3.05) is 47.5 Å². The third-order valence-corrected chi connectivity index (χ3v) is 10.4. The Hall–Kier alpha value is -2.81. The molecule has 0 radical (unpaired) electrons. The normalized spacial score (nSPS) is 14.3. The van der Waals surface area contributed by atoms with Crippen molar-refractivity contribution in [2.45, 2.75) is 174 Å². The molecular formula is C50H87NO8P+. The van der Waals surface area contributed by atoms with E-state index in [2.05, 4.69) is 98.9 Å². The van der Waals surface area contributed by atoms with E-state index in [0.717, 1.165) is 89.9 Å². The van der Waals surface area contributed by atoms with E-state index in [-0.39, 0.29) is 26.1 Å². The molecule has 0 aliphatic carbocycles. The summed E-state index contributed by atoms with van der Waals surface area (Å²) < 4.78 is 34.3. The average molecular weight is 861 g/mol. The third-order valence-electron chi connectivity index (χ3n) is 9.41. The lowest BCUT2D eigenvalue weighted by molar-refractivity contribution is -0.870. The van der Waals surface area contributed by atoms with Crippen molar-refractivity contribution in [1.29, 1.82) is 0 Å². The number of quaternary nitrogens is 1. The number of carbonyl (C=O) groups excluding carboxylic acids is 2. The van der Waals surface area contributed by atoms with Crippen molar-refractivity contribution < 1.29 is 42.1 Å². The standard InChI is InChI=1S/C50H86NO8P/c1-6-8-10-12-14-16-18-20-22-24-25-27-28-30-32-34-36-38-40-42-49(52)56-46-48(47-58-60(54,55)57-45-44-51(3,4)5)59-50(53)43-41-39-37-35-33-31-29-26-23-21-19-17-15-13-11-9-7-2/h9,11,14-17,20-23,25,27,29,31,48H,6-8,10,12-13,18-19,24,26,28,30,32-47H2,1-5H3/p+1/b11-9-,16-14-,17-15-,22-20-,23-21-,27-25-,31-29-. The minimum Gasteiger partial charge on any atom is -0.462 e. The Morgan fingerprint density at radius 2 is 0.950 bits per heavy atom. The van der Waals surface area contributed by atoms with Crippen molar-refractivity contribution in [3.63, 3.8) is 0 Å². The van der Waals surface area contributed by atoms with Crippen LogP contribution in [0.1, 0.15) is 168 Å². The molecule has 10 heteroatoms. The molecule has 0 aliphatic rings. The van der Waals surface area contributed by atoms with Gasteiger partial charge in [0.1, 0.15) is 19.8 Å². The first kappa shape index (κ1) is 57.2. The van der Waals surface area contributed by atoms with E-state index in [1.54, 1.807) is 0 Å². The van der Waals surface area contributed by atoms with Crippen LogP contribution in [0.5, 0.6) is 0 Å². The highest BCUT2D eigenvalue weighted by Crippen LogP contribution is 2.43. The summed E-state index contributed by atoms with van der Waals surface area (Å²) in [6.45, 7) is 4.22. The fourth-order valence-electron chi connectivity index (χ4n) is 5.77. The van der Waals surface area contributed by atoms with E-state index in [9.17, 15) is 19.0 Å². The van der Waals surface area contributed by atoms with Gasteiger partial charge in [0.15, 0.2) is 6.10 Å². The number of unbranched alkanes of at least 4 members (excludes halogenated alkanes) is 13. The van der Waals surface area contributed by atoms with Gasteiger partial charge in [0, 0.05) is 12.8 Å². The number of esters is 2. The summed E-state index contributed by atoms with van der Waals surface area (Å²) in [6, 6.07) is 0. The maximum atomic E-state index is 12.7. The first-order valence-electron chi connectivity index (χ1n) is 23.3. The van der Waals surface area contributed by atoms with Crippen molar-refractivity contribution in [1.82, 2.24) is 0 Å². The molecule has 0 aliphatic heterocycles. The quantitative estimate of drug-likeness (QED) is 0.0213. The van der Waals surface area contributed by atoms with Crippen molar-refractivity contribution in [2.24, 2.45) is 0 Å². The number of hydrogen-bond donors (Lipinski definition) is 1. The van der Waals surface area contributed by atoms with Crippen LogP contribution >= 0.6 is 7.82 Å². The number of allylic oxidation sites excluding steroid dienone is 14. The zero-order valence-electron chi connectivity index (χ0n) is 38.7. The predicted octanol–water partition coefficient (Wildman–Crippen LogP) is 13.6. The lowest BCUT2D eigenvalue weighted by Gasteiger charge is -2.24. The molecule has 0 fully saturated rings. The zero-order chi connectivity index (χ0) is 44.3. The van der Waals surface area contributed by atoms with Gasteiger partial charge in [0.05, 0.1) is 27.7 Å². The molecule has 0 amide bonds. The van der Waals surface area contributed by atoms with Gasteiger partial charge in [-0.3, -0.25) is 18.6 Å². The molecule has 0 spiro atoms. The van der Waals surface area contributed by atoms with Gasteiger partial charge >= 0.3 is 19.8 Å². The van der Waals surface area contributed by atoms with Crippen molar-refractivity contribution in [3.05, 3.63) is 85.1 Å². The molecule has 0 aromatic carbocycles. The van der Waals surface area contributed by atoms with Crippen LogP contribution in [0.4, 0.5) is 0 Å². The number of nitrogens with zero attached hydrogens (tertiary/aromatic N) is 1. The monoisotopic (exact) mass is 861 g/mol. The molecule has 0 bridgehead atoms. The number of likely N-dealkylation sites (N-methyl/N-ethyl adjacent to an activating group) is 1. The smallest absolute Gasteiger partial charge is 0.462 e. The van der Waals surface area contributed by atoms with Gasteiger partial charge in [0.25, 0.3) is 0 Å². The molecule has 344 valence electrons. The Balaban J connectivity index is 4.41. The zero-order valence-corrected chi connectivity index (χ0v) is 39.6. The molecule has 9 nitrogen and oxygen atoms in total. The van der Waals surface area contributed by atoms with Gasteiger partial charge in [-0.2, -0.15) is 0 Å². The van der Waals surface area contributed by atoms with Crippen LogP contribution in [0, 0.1) is 0 Å². The minimum atomic E-state index is -4.39. The van der Waals surface area contributed by atoms with Crippen LogP contribution in [-0.4, -0.2) is 74.9 Å². The van der Waals surface area contributed by atoms with E-state index >= 15 is 0 Å². The van der Waals surface area contributed by atoms with Gasteiger partial charge in [-0.25, -0.2) is 4.57 Å². The number of rotatable bonds is 41. The Kier molecular flexibility index (Phi) is 39.6. The fourth-order valence-corrected chi connectivity index (χ4v) is 6.52. The molecule has 0 saturated heterocycles. The SMILES string of the molecule is CC/C=C\C/C=C\C/C=C\C/C=C\CCCCCCC(=O)OC(COC(=O)CCCCCCCC/C=C\C/C=C\C/C=C\CCCCC)COP(=O)(O)OCC[N+](C)(C)C. The Morgan fingerprint density at radius 1 is 0.533 bits per heavy atom. The maximum Gasteiger partial charge on any atom is 0.472 e. The summed E-state index contributed by atoms with van der Waals surface area (Å²) in [5, 5.41) is 0. The van der Waals surface area contributed by atoms with E-state index < -0.39 is 32.5 Å². The predicted molar refractivity (Wildman–Crippen MR) is 252 cm³/mol. The molecule has 0 heterocycles. The number of phosphoric acid groups is 1. The molecule has 0 aromatic rings. The number of carbonyl (C=O) groups is 2. The van der Waals surface area contributed by atoms with Crippen LogP contribution in [0.2, 0.25) is 0 Å². The first-order chi connectivity index (χ1) is 29.0.